The zero-order valence-electron chi connectivity index (χ0n) is 11.1. The van der Waals surface area contributed by atoms with E-state index in [0.29, 0.717) is 11.6 Å². The van der Waals surface area contributed by atoms with Crippen LogP contribution in [0.15, 0.2) is 18.2 Å². The molecule has 0 heterocycles. The third kappa shape index (κ3) is 3.95. The first kappa shape index (κ1) is 13.9. The van der Waals surface area contributed by atoms with Crippen LogP contribution in [0, 0.1) is 0 Å². The maximum atomic E-state index is 9.67. The molecule has 17 heavy (non-hydrogen) atoms. The van der Waals surface area contributed by atoms with Crippen molar-refractivity contribution in [3.05, 3.63) is 23.8 Å². The minimum atomic E-state index is 0.223. The lowest BCUT2D eigenvalue weighted by molar-refractivity contribution is 0.473. The topological polar surface area (TPSA) is 46.2 Å². The van der Waals surface area contributed by atoms with Crippen molar-refractivity contribution in [2.24, 2.45) is 0 Å². The van der Waals surface area contributed by atoms with E-state index in [1.165, 1.54) is 38.5 Å². The van der Waals surface area contributed by atoms with E-state index in [-0.39, 0.29) is 5.75 Å². The van der Waals surface area contributed by atoms with Crippen molar-refractivity contribution < 1.29 is 5.11 Å². The lowest BCUT2D eigenvalue weighted by Crippen LogP contribution is -2.03. The Hall–Kier alpha value is -1.18. The molecule has 1 rings (SSSR count). The maximum absolute atomic E-state index is 9.67. The highest BCUT2D eigenvalue weighted by atomic mass is 16.3. The number of hydrogen-bond donors (Lipinski definition) is 2. The van der Waals surface area contributed by atoms with Crippen LogP contribution in [0.1, 0.15) is 63.9 Å². The molecule has 1 aromatic carbocycles. The van der Waals surface area contributed by atoms with Crippen LogP contribution in [0.3, 0.4) is 0 Å². The van der Waals surface area contributed by atoms with Crippen molar-refractivity contribution in [2.45, 2.75) is 58.3 Å². The largest absolute Gasteiger partial charge is 0.506 e. The molecule has 0 bridgehead atoms. The van der Waals surface area contributed by atoms with Crippen molar-refractivity contribution in [3.63, 3.8) is 0 Å². The van der Waals surface area contributed by atoms with Gasteiger partial charge in [-0.05, 0) is 30.4 Å². The molecule has 0 aliphatic rings. The monoisotopic (exact) mass is 235 g/mol. The van der Waals surface area contributed by atoms with E-state index in [4.69, 9.17) is 5.73 Å². The number of nitrogen functional groups attached to an aromatic ring is 1. The average molecular weight is 235 g/mol. The second kappa shape index (κ2) is 7.21. The number of aromatic hydroxyl groups is 1. The van der Waals surface area contributed by atoms with Gasteiger partial charge in [0.25, 0.3) is 0 Å². The predicted octanol–water partition coefficient (Wildman–Crippen LogP) is 4.44. The van der Waals surface area contributed by atoms with Crippen molar-refractivity contribution in [1.82, 2.24) is 0 Å². The van der Waals surface area contributed by atoms with Crippen molar-refractivity contribution in [3.8, 4) is 5.75 Å². The molecule has 0 fully saturated rings. The highest BCUT2D eigenvalue weighted by molar-refractivity contribution is 5.58. The molecular weight excluding hydrogens is 210 g/mol. The Morgan fingerprint density at radius 1 is 1.12 bits per heavy atom. The molecule has 0 aliphatic heterocycles. The van der Waals surface area contributed by atoms with Gasteiger partial charge in [-0.1, -0.05) is 51.7 Å². The molecule has 0 saturated carbocycles. The van der Waals surface area contributed by atoms with Gasteiger partial charge in [-0.2, -0.15) is 0 Å². The standard InChI is InChI=1S/C15H25NO/c1-3-5-8-12(9-6-4-2)13-10-7-11-14(17)15(13)16/h7,10-12,17H,3-6,8-9,16H2,1-2H3. The third-order valence-corrected chi connectivity index (χ3v) is 3.37. The average Bonchev–Trinajstić information content (AvgIpc) is 2.34. The summed E-state index contributed by atoms with van der Waals surface area (Å²) in [7, 11) is 0. The van der Waals surface area contributed by atoms with Gasteiger partial charge in [-0.25, -0.2) is 0 Å². The van der Waals surface area contributed by atoms with Gasteiger partial charge < -0.3 is 10.8 Å². The smallest absolute Gasteiger partial charge is 0.138 e. The van der Waals surface area contributed by atoms with Crippen LogP contribution in [0.2, 0.25) is 0 Å². The highest BCUT2D eigenvalue weighted by Crippen LogP contribution is 2.35. The van der Waals surface area contributed by atoms with E-state index < -0.39 is 0 Å². The van der Waals surface area contributed by atoms with E-state index >= 15 is 0 Å². The summed E-state index contributed by atoms with van der Waals surface area (Å²) >= 11 is 0. The minimum absolute atomic E-state index is 0.223. The lowest BCUT2D eigenvalue weighted by Gasteiger charge is -2.19. The molecule has 0 aliphatic carbocycles. The molecule has 96 valence electrons. The number of benzene rings is 1. The second-order valence-corrected chi connectivity index (χ2v) is 4.76. The Balaban J connectivity index is 2.83. The van der Waals surface area contributed by atoms with Crippen LogP contribution in [0.25, 0.3) is 0 Å². The number of unbranched alkanes of at least 4 members (excludes halogenated alkanes) is 2. The third-order valence-electron chi connectivity index (χ3n) is 3.37. The quantitative estimate of drug-likeness (QED) is 0.542. The van der Waals surface area contributed by atoms with E-state index in [1.807, 2.05) is 6.07 Å². The summed E-state index contributed by atoms with van der Waals surface area (Å²) in [6.45, 7) is 4.42. The molecule has 0 atom stereocenters. The number of para-hydroxylation sites is 1. The van der Waals surface area contributed by atoms with Crippen LogP contribution in [-0.2, 0) is 0 Å². The summed E-state index contributed by atoms with van der Waals surface area (Å²) in [5.41, 5.74) is 7.68. The van der Waals surface area contributed by atoms with Gasteiger partial charge in [-0.3, -0.25) is 0 Å². The van der Waals surface area contributed by atoms with Crippen molar-refractivity contribution in [1.29, 1.82) is 0 Å². The van der Waals surface area contributed by atoms with Gasteiger partial charge in [-0.15, -0.1) is 0 Å². The summed E-state index contributed by atoms with van der Waals surface area (Å²) in [6, 6.07) is 5.62. The zero-order valence-corrected chi connectivity index (χ0v) is 11.1. The first-order valence-electron chi connectivity index (χ1n) is 6.78. The Kier molecular flexibility index (Phi) is 5.88. The Bertz CT molecular complexity index is 328. The highest BCUT2D eigenvalue weighted by Gasteiger charge is 2.15. The normalized spacial score (nSPS) is 11.0. The predicted molar refractivity (Wildman–Crippen MR) is 74.3 cm³/mol. The fraction of sp³-hybridized carbons (Fsp3) is 0.600. The van der Waals surface area contributed by atoms with E-state index in [2.05, 4.69) is 19.9 Å². The number of rotatable bonds is 7. The first-order chi connectivity index (χ1) is 8.20. The van der Waals surface area contributed by atoms with Crippen LogP contribution in [0.5, 0.6) is 5.75 Å². The molecule has 0 spiro atoms. The van der Waals surface area contributed by atoms with Gasteiger partial charge in [0.05, 0.1) is 5.69 Å². The fourth-order valence-corrected chi connectivity index (χ4v) is 2.28. The number of phenolic OH excluding ortho intramolecular Hbond substituents is 1. The number of hydrogen-bond acceptors (Lipinski definition) is 2. The Morgan fingerprint density at radius 3 is 2.24 bits per heavy atom. The lowest BCUT2D eigenvalue weighted by atomic mass is 9.88. The Labute approximate surface area is 105 Å². The van der Waals surface area contributed by atoms with Gasteiger partial charge in [0.15, 0.2) is 0 Å². The molecule has 0 amide bonds. The molecule has 0 radical (unpaired) electrons. The molecule has 2 heteroatoms. The summed E-state index contributed by atoms with van der Waals surface area (Å²) < 4.78 is 0. The fourth-order valence-electron chi connectivity index (χ4n) is 2.28. The zero-order chi connectivity index (χ0) is 12.7. The molecule has 0 aromatic heterocycles. The van der Waals surface area contributed by atoms with Gasteiger partial charge in [0, 0.05) is 0 Å². The van der Waals surface area contributed by atoms with Crippen LogP contribution in [-0.4, -0.2) is 5.11 Å². The van der Waals surface area contributed by atoms with Gasteiger partial charge in [0.1, 0.15) is 5.75 Å². The van der Waals surface area contributed by atoms with E-state index in [0.717, 1.165) is 5.56 Å². The second-order valence-electron chi connectivity index (χ2n) is 4.76. The molecule has 0 unspecified atom stereocenters. The number of phenols is 1. The summed E-state index contributed by atoms with van der Waals surface area (Å²) in [5, 5.41) is 9.67. The molecule has 2 nitrogen and oxygen atoms in total. The van der Waals surface area contributed by atoms with Gasteiger partial charge >= 0.3 is 0 Å². The number of anilines is 1. The van der Waals surface area contributed by atoms with Crippen LogP contribution < -0.4 is 5.73 Å². The maximum Gasteiger partial charge on any atom is 0.138 e. The molecule has 1 aromatic rings. The summed E-state index contributed by atoms with van der Waals surface area (Å²) in [6.07, 6.45) is 7.21. The first-order valence-corrected chi connectivity index (χ1v) is 6.78. The molecular formula is C15H25NO. The Morgan fingerprint density at radius 2 is 1.71 bits per heavy atom. The van der Waals surface area contributed by atoms with E-state index in [9.17, 15) is 5.11 Å². The molecule has 3 N–H and O–H groups in total. The van der Waals surface area contributed by atoms with Gasteiger partial charge in [0.2, 0.25) is 0 Å². The molecule has 0 saturated heterocycles. The number of nitrogens with two attached hydrogens (primary N) is 1. The summed E-state index contributed by atoms with van der Waals surface area (Å²) in [5.74, 6) is 0.725. The summed E-state index contributed by atoms with van der Waals surface area (Å²) in [4.78, 5) is 0. The van der Waals surface area contributed by atoms with Crippen LogP contribution >= 0.6 is 0 Å². The van der Waals surface area contributed by atoms with E-state index in [1.54, 1.807) is 6.07 Å². The van der Waals surface area contributed by atoms with Crippen LogP contribution in [0.4, 0.5) is 5.69 Å². The minimum Gasteiger partial charge on any atom is -0.506 e. The van der Waals surface area contributed by atoms with Crippen molar-refractivity contribution in [2.75, 3.05) is 5.73 Å². The van der Waals surface area contributed by atoms with Crippen molar-refractivity contribution >= 4 is 5.69 Å². The SMILES string of the molecule is CCCCC(CCCC)c1cccc(O)c1N.